The van der Waals surface area contributed by atoms with Crippen molar-refractivity contribution in [3.63, 3.8) is 0 Å². The van der Waals surface area contributed by atoms with Gasteiger partial charge in [0.2, 0.25) is 5.91 Å². The van der Waals surface area contributed by atoms with Crippen molar-refractivity contribution in [1.29, 1.82) is 0 Å². The van der Waals surface area contributed by atoms with Crippen LogP contribution in [-0.4, -0.2) is 26.7 Å². The number of carbonyl (C=O) groups is 1. The molecule has 0 bridgehead atoms. The Morgan fingerprint density at radius 2 is 1.59 bits per heavy atom. The van der Waals surface area contributed by atoms with Crippen molar-refractivity contribution in [2.75, 3.05) is 26.1 Å². The summed E-state index contributed by atoms with van der Waals surface area (Å²) in [5.41, 5.74) is 4.01. The number of hydrogen-bond donors (Lipinski definition) is 2. The second-order valence-electron chi connectivity index (χ2n) is 6.75. The number of nitrogens with one attached hydrogen (secondary N) is 2. The van der Waals surface area contributed by atoms with Crippen molar-refractivity contribution in [1.82, 2.24) is 5.32 Å². The molecule has 1 atom stereocenters. The summed E-state index contributed by atoms with van der Waals surface area (Å²) in [6.45, 7) is 2.22. The van der Waals surface area contributed by atoms with Crippen molar-refractivity contribution >= 4 is 11.6 Å². The maximum Gasteiger partial charge on any atom is 0.238 e. The van der Waals surface area contributed by atoms with Crippen molar-refractivity contribution in [2.24, 2.45) is 0 Å². The first-order valence-corrected chi connectivity index (χ1v) is 9.47. The second-order valence-corrected chi connectivity index (χ2v) is 6.75. The third-order valence-electron chi connectivity index (χ3n) is 4.69. The Balaban J connectivity index is 1.72. The van der Waals surface area contributed by atoms with E-state index in [9.17, 15) is 4.79 Å². The zero-order valence-electron chi connectivity index (χ0n) is 16.9. The van der Waals surface area contributed by atoms with Gasteiger partial charge in [0.05, 0.1) is 32.5 Å². The van der Waals surface area contributed by atoms with Crippen LogP contribution in [0.3, 0.4) is 0 Å². The standard InChI is InChI=1S/C24H26N2O3/c1-17-9-11-19(12-10-17)24(18-7-5-4-6-8-18)25-16-23(27)26-21-14-13-20(28-2)15-22(21)29-3/h4-15,24-25H,16H2,1-3H3,(H,26,27)/t24-/m1/s1. The highest BCUT2D eigenvalue weighted by Gasteiger charge is 2.16. The Hall–Kier alpha value is -3.31. The molecule has 5 nitrogen and oxygen atoms in total. The minimum Gasteiger partial charge on any atom is -0.497 e. The number of amides is 1. The molecule has 0 heterocycles. The van der Waals surface area contributed by atoms with Crippen LogP contribution >= 0.6 is 0 Å². The lowest BCUT2D eigenvalue weighted by atomic mass is 9.98. The highest BCUT2D eigenvalue weighted by atomic mass is 16.5. The molecule has 3 aromatic carbocycles. The molecule has 0 aromatic heterocycles. The van der Waals surface area contributed by atoms with E-state index in [1.54, 1.807) is 32.4 Å². The van der Waals surface area contributed by atoms with Crippen LogP contribution in [0, 0.1) is 6.92 Å². The first kappa shape index (κ1) is 20.4. The van der Waals surface area contributed by atoms with Crippen LogP contribution in [0.4, 0.5) is 5.69 Å². The summed E-state index contributed by atoms with van der Waals surface area (Å²) in [5, 5.41) is 6.27. The second kappa shape index (κ2) is 9.75. The van der Waals surface area contributed by atoms with E-state index in [0.717, 1.165) is 11.1 Å². The van der Waals surface area contributed by atoms with E-state index in [1.807, 2.05) is 18.2 Å². The average molecular weight is 390 g/mol. The summed E-state index contributed by atoms with van der Waals surface area (Å²) >= 11 is 0. The fourth-order valence-electron chi connectivity index (χ4n) is 3.12. The van der Waals surface area contributed by atoms with E-state index >= 15 is 0 Å². The molecule has 150 valence electrons. The van der Waals surface area contributed by atoms with Crippen LogP contribution in [0.5, 0.6) is 11.5 Å². The van der Waals surface area contributed by atoms with Crippen LogP contribution in [0.1, 0.15) is 22.7 Å². The van der Waals surface area contributed by atoms with Gasteiger partial charge in [-0.05, 0) is 30.2 Å². The largest absolute Gasteiger partial charge is 0.497 e. The van der Waals surface area contributed by atoms with Gasteiger partial charge >= 0.3 is 0 Å². The topological polar surface area (TPSA) is 59.6 Å². The molecule has 0 spiro atoms. The first-order chi connectivity index (χ1) is 14.1. The Morgan fingerprint density at radius 3 is 2.24 bits per heavy atom. The molecule has 1 amide bonds. The summed E-state index contributed by atoms with van der Waals surface area (Å²) < 4.78 is 10.5. The molecule has 0 saturated heterocycles. The molecule has 3 aromatic rings. The SMILES string of the molecule is COc1ccc(NC(=O)CN[C@H](c2ccccc2)c2ccc(C)cc2)c(OC)c1. The Labute approximate surface area is 171 Å². The Kier molecular flexibility index (Phi) is 6.87. The lowest BCUT2D eigenvalue weighted by Gasteiger charge is -2.20. The number of hydrogen-bond acceptors (Lipinski definition) is 4. The third-order valence-corrected chi connectivity index (χ3v) is 4.69. The Bertz CT molecular complexity index is 940. The van der Waals surface area contributed by atoms with Gasteiger partial charge < -0.3 is 14.8 Å². The molecule has 0 saturated carbocycles. The highest BCUT2D eigenvalue weighted by Crippen LogP contribution is 2.29. The van der Waals surface area contributed by atoms with E-state index < -0.39 is 0 Å². The molecule has 0 aliphatic rings. The summed E-state index contributed by atoms with van der Waals surface area (Å²) in [6.07, 6.45) is 0. The number of benzene rings is 3. The molecule has 5 heteroatoms. The van der Waals surface area contributed by atoms with Gasteiger partial charge in [0, 0.05) is 6.07 Å². The average Bonchev–Trinajstić information content (AvgIpc) is 2.76. The summed E-state index contributed by atoms with van der Waals surface area (Å²) in [5.74, 6) is 1.07. The van der Waals surface area contributed by atoms with Crippen LogP contribution in [0.2, 0.25) is 0 Å². The van der Waals surface area contributed by atoms with Crippen LogP contribution < -0.4 is 20.1 Å². The number of anilines is 1. The van der Waals surface area contributed by atoms with Crippen molar-refractivity contribution in [2.45, 2.75) is 13.0 Å². The minimum absolute atomic E-state index is 0.0830. The van der Waals surface area contributed by atoms with E-state index in [4.69, 9.17) is 9.47 Å². The van der Waals surface area contributed by atoms with E-state index in [0.29, 0.717) is 17.2 Å². The van der Waals surface area contributed by atoms with Crippen LogP contribution in [0.15, 0.2) is 72.8 Å². The Morgan fingerprint density at radius 1 is 0.897 bits per heavy atom. The lowest BCUT2D eigenvalue weighted by molar-refractivity contribution is -0.115. The van der Waals surface area contributed by atoms with Gasteiger partial charge in [-0.1, -0.05) is 60.2 Å². The van der Waals surface area contributed by atoms with E-state index in [-0.39, 0.29) is 18.5 Å². The molecule has 29 heavy (non-hydrogen) atoms. The monoisotopic (exact) mass is 390 g/mol. The molecule has 0 aliphatic carbocycles. The quantitative estimate of drug-likeness (QED) is 0.601. The van der Waals surface area contributed by atoms with Crippen molar-refractivity contribution in [3.8, 4) is 11.5 Å². The van der Waals surface area contributed by atoms with Crippen LogP contribution in [0.25, 0.3) is 0 Å². The van der Waals surface area contributed by atoms with Gasteiger partial charge in [0.1, 0.15) is 11.5 Å². The van der Waals surface area contributed by atoms with Gasteiger partial charge in [-0.25, -0.2) is 0 Å². The maximum absolute atomic E-state index is 12.6. The number of carbonyl (C=O) groups excluding carboxylic acids is 1. The third kappa shape index (κ3) is 5.36. The zero-order valence-corrected chi connectivity index (χ0v) is 16.9. The molecular formula is C24H26N2O3. The molecule has 2 N–H and O–H groups in total. The fraction of sp³-hybridized carbons (Fsp3) is 0.208. The molecule has 0 aliphatic heterocycles. The minimum atomic E-state index is -0.151. The van der Waals surface area contributed by atoms with Gasteiger partial charge in [-0.2, -0.15) is 0 Å². The van der Waals surface area contributed by atoms with Crippen molar-refractivity contribution in [3.05, 3.63) is 89.5 Å². The van der Waals surface area contributed by atoms with Gasteiger partial charge in [-0.3, -0.25) is 10.1 Å². The number of aryl methyl sites for hydroxylation is 1. The van der Waals surface area contributed by atoms with Gasteiger partial charge in [-0.15, -0.1) is 0 Å². The summed E-state index contributed by atoms with van der Waals surface area (Å²) in [6, 6.07) is 23.6. The summed E-state index contributed by atoms with van der Waals surface area (Å²) in [4.78, 5) is 12.6. The normalized spacial score (nSPS) is 11.6. The van der Waals surface area contributed by atoms with Crippen LogP contribution in [-0.2, 0) is 4.79 Å². The molecular weight excluding hydrogens is 364 g/mol. The van der Waals surface area contributed by atoms with E-state index in [1.165, 1.54) is 5.56 Å². The smallest absolute Gasteiger partial charge is 0.238 e. The zero-order chi connectivity index (χ0) is 20.6. The first-order valence-electron chi connectivity index (χ1n) is 9.47. The molecule has 0 radical (unpaired) electrons. The van der Waals surface area contributed by atoms with Gasteiger partial charge in [0.25, 0.3) is 0 Å². The highest BCUT2D eigenvalue weighted by molar-refractivity contribution is 5.93. The lowest BCUT2D eigenvalue weighted by Crippen LogP contribution is -2.32. The number of methoxy groups -OCH3 is 2. The number of ether oxygens (including phenoxy) is 2. The fourth-order valence-corrected chi connectivity index (χ4v) is 3.12. The predicted molar refractivity (Wildman–Crippen MR) is 116 cm³/mol. The molecule has 0 fully saturated rings. The molecule has 0 unspecified atom stereocenters. The van der Waals surface area contributed by atoms with Gasteiger partial charge in [0.15, 0.2) is 0 Å². The van der Waals surface area contributed by atoms with Crippen molar-refractivity contribution < 1.29 is 14.3 Å². The summed E-state index contributed by atoms with van der Waals surface area (Å²) in [7, 11) is 3.15. The van der Waals surface area contributed by atoms with E-state index in [2.05, 4.69) is 54.0 Å². The number of rotatable bonds is 8. The predicted octanol–water partition coefficient (Wildman–Crippen LogP) is 4.33. The maximum atomic E-state index is 12.6. The molecule has 3 rings (SSSR count).